The van der Waals surface area contributed by atoms with Crippen LogP contribution in [-0.4, -0.2) is 9.97 Å². The smallest absolute Gasteiger partial charge is 0.166 e. The molecule has 1 atom stereocenters. The molecule has 96 valence electrons. The van der Waals surface area contributed by atoms with Gasteiger partial charge >= 0.3 is 0 Å². The number of thioether (sulfide) groups is 1. The molecule has 0 saturated heterocycles. The van der Waals surface area contributed by atoms with Gasteiger partial charge < -0.3 is 4.98 Å². The molecule has 0 aliphatic carbocycles. The third-order valence-corrected chi connectivity index (χ3v) is 4.26. The normalized spacial score (nSPS) is 12.7. The summed E-state index contributed by atoms with van der Waals surface area (Å²) in [5.74, 6) is 0. The van der Waals surface area contributed by atoms with Crippen molar-refractivity contribution in [3.63, 3.8) is 0 Å². The number of hydrogen-bond acceptors (Lipinski definition) is 2. The first-order valence-electron chi connectivity index (χ1n) is 6.09. The van der Waals surface area contributed by atoms with E-state index >= 15 is 0 Å². The van der Waals surface area contributed by atoms with E-state index in [2.05, 4.69) is 41.2 Å². The van der Waals surface area contributed by atoms with E-state index in [-0.39, 0.29) is 0 Å². The van der Waals surface area contributed by atoms with Gasteiger partial charge in [-0.2, -0.15) is 0 Å². The fourth-order valence-electron chi connectivity index (χ4n) is 1.97. The molecule has 0 radical (unpaired) electrons. The fourth-order valence-corrected chi connectivity index (χ4v) is 3.09. The maximum Gasteiger partial charge on any atom is 0.166 e. The van der Waals surface area contributed by atoms with Crippen LogP contribution >= 0.6 is 23.4 Å². The van der Waals surface area contributed by atoms with Crippen LogP contribution in [-0.2, 0) is 0 Å². The van der Waals surface area contributed by atoms with Crippen molar-refractivity contribution in [2.45, 2.75) is 17.3 Å². The van der Waals surface area contributed by atoms with Crippen LogP contribution in [0.5, 0.6) is 0 Å². The van der Waals surface area contributed by atoms with Crippen molar-refractivity contribution < 1.29 is 0 Å². The van der Waals surface area contributed by atoms with Crippen LogP contribution in [0.4, 0.5) is 0 Å². The van der Waals surface area contributed by atoms with E-state index in [0.29, 0.717) is 5.25 Å². The summed E-state index contributed by atoms with van der Waals surface area (Å²) >= 11 is 7.69. The van der Waals surface area contributed by atoms with E-state index in [9.17, 15) is 0 Å². The number of halogens is 1. The molecule has 1 N–H and O–H groups in total. The topological polar surface area (TPSA) is 28.7 Å². The molecular formula is C15H13ClN2S. The number of H-pyrrole nitrogens is 1. The largest absolute Gasteiger partial charge is 0.333 e. The number of fused-ring (bicyclic) bond motifs is 1. The summed E-state index contributed by atoms with van der Waals surface area (Å²) in [6.07, 6.45) is 0. The summed E-state index contributed by atoms with van der Waals surface area (Å²) in [6, 6.07) is 16.1. The molecule has 3 aromatic rings. The summed E-state index contributed by atoms with van der Waals surface area (Å²) < 4.78 is 0. The first-order valence-corrected chi connectivity index (χ1v) is 7.35. The lowest BCUT2D eigenvalue weighted by molar-refractivity contribution is 1.03. The molecule has 2 aromatic carbocycles. The zero-order valence-corrected chi connectivity index (χ0v) is 12.0. The highest BCUT2D eigenvalue weighted by Gasteiger charge is 2.10. The second-order valence-electron chi connectivity index (χ2n) is 4.37. The highest BCUT2D eigenvalue weighted by molar-refractivity contribution is 7.99. The van der Waals surface area contributed by atoms with Crippen molar-refractivity contribution in [2.24, 2.45) is 0 Å². The molecule has 19 heavy (non-hydrogen) atoms. The Labute approximate surface area is 121 Å². The Hall–Kier alpha value is -1.45. The van der Waals surface area contributed by atoms with Crippen LogP contribution in [0, 0.1) is 0 Å². The minimum atomic E-state index is 0.359. The molecule has 0 bridgehead atoms. The number of benzene rings is 2. The van der Waals surface area contributed by atoms with Gasteiger partial charge in [-0.05, 0) is 30.7 Å². The molecule has 0 aliphatic rings. The maximum absolute atomic E-state index is 5.97. The van der Waals surface area contributed by atoms with Gasteiger partial charge in [0.25, 0.3) is 0 Å². The van der Waals surface area contributed by atoms with Crippen LogP contribution in [0.2, 0.25) is 5.02 Å². The van der Waals surface area contributed by atoms with Crippen LogP contribution in [0.15, 0.2) is 53.7 Å². The molecule has 1 heterocycles. The van der Waals surface area contributed by atoms with E-state index in [1.54, 1.807) is 11.8 Å². The number of imidazole rings is 1. The van der Waals surface area contributed by atoms with Crippen molar-refractivity contribution in [2.75, 3.05) is 0 Å². The average Bonchev–Trinajstić information content (AvgIpc) is 2.81. The van der Waals surface area contributed by atoms with Gasteiger partial charge in [-0.3, -0.25) is 0 Å². The number of hydrogen-bond donors (Lipinski definition) is 1. The number of aromatic amines is 1. The first kappa shape index (κ1) is 12.6. The van der Waals surface area contributed by atoms with Gasteiger partial charge in [-0.15, -0.1) is 0 Å². The lowest BCUT2D eigenvalue weighted by Gasteiger charge is -2.08. The van der Waals surface area contributed by atoms with Gasteiger partial charge in [0.1, 0.15) is 0 Å². The highest BCUT2D eigenvalue weighted by atomic mass is 35.5. The van der Waals surface area contributed by atoms with E-state index < -0.39 is 0 Å². The molecule has 1 unspecified atom stereocenters. The van der Waals surface area contributed by atoms with Crippen LogP contribution < -0.4 is 0 Å². The molecule has 4 heteroatoms. The van der Waals surface area contributed by atoms with E-state index in [0.717, 1.165) is 21.2 Å². The number of rotatable bonds is 3. The van der Waals surface area contributed by atoms with Crippen molar-refractivity contribution in [1.29, 1.82) is 0 Å². The van der Waals surface area contributed by atoms with Crippen molar-refractivity contribution in [3.8, 4) is 0 Å². The van der Waals surface area contributed by atoms with E-state index in [1.807, 2.05) is 24.3 Å². The molecular weight excluding hydrogens is 276 g/mol. The van der Waals surface area contributed by atoms with Gasteiger partial charge in [0.05, 0.1) is 11.0 Å². The summed E-state index contributed by atoms with van der Waals surface area (Å²) in [5, 5.41) is 2.01. The molecule has 0 amide bonds. The second kappa shape index (κ2) is 5.27. The molecule has 3 rings (SSSR count). The van der Waals surface area contributed by atoms with Crippen LogP contribution in [0.3, 0.4) is 0 Å². The summed E-state index contributed by atoms with van der Waals surface area (Å²) in [4.78, 5) is 7.87. The molecule has 0 saturated carbocycles. The minimum absolute atomic E-state index is 0.359. The Morgan fingerprint density at radius 1 is 1.16 bits per heavy atom. The van der Waals surface area contributed by atoms with E-state index in [1.165, 1.54) is 5.56 Å². The maximum atomic E-state index is 5.97. The van der Waals surface area contributed by atoms with Gasteiger partial charge in [-0.1, -0.05) is 53.7 Å². The Balaban J connectivity index is 1.85. The molecule has 0 aliphatic heterocycles. The number of aromatic nitrogens is 2. The minimum Gasteiger partial charge on any atom is -0.333 e. The molecule has 0 fully saturated rings. The fraction of sp³-hybridized carbons (Fsp3) is 0.133. The quantitative estimate of drug-likeness (QED) is 0.682. The molecule has 1 aromatic heterocycles. The summed E-state index contributed by atoms with van der Waals surface area (Å²) in [7, 11) is 0. The number of nitrogens with zero attached hydrogens (tertiary/aromatic N) is 1. The molecule has 0 spiro atoms. The lowest BCUT2D eigenvalue weighted by Crippen LogP contribution is -1.88. The number of nitrogens with one attached hydrogen (secondary N) is 1. The van der Waals surface area contributed by atoms with Gasteiger partial charge in [-0.25, -0.2) is 4.98 Å². The van der Waals surface area contributed by atoms with Crippen molar-refractivity contribution >= 4 is 34.4 Å². The Kier molecular flexibility index (Phi) is 3.49. The van der Waals surface area contributed by atoms with Crippen LogP contribution in [0.1, 0.15) is 17.7 Å². The average molecular weight is 289 g/mol. The lowest BCUT2D eigenvalue weighted by atomic mass is 10.2. The predicted molar refractivity (Wildman–Crippen MR) is 81.8 cm³/mol. The zero-order valence-electron chi connectivity index (χ0n) is 10.4. The summed E-state index contributed by atoms with van der Waals surface area (Å²) in [5.41, 5.74) is 3.23. The first-order chi connectivity index (χ1) is 9.22. The van der Waals surface area contributed by atoms with Crippen LogP contribution in [0.25, 0.3) is 11.0 Å². The zero-order chi connectivity index (χ0) is 13.2. The monoisotopic (exact) mass is 288 g/mol. The molecule has 2 nitrogen and oxygen atoms in total. The van der Waals surface area contributed by atoms with Crippen molar-refractivity contribution in [1.82, 2.24) is 9.97 Å². The van der Waals surface area contributed by atoms with Crippen molar-refractivity contribution in [3.05, 3.63) is 59.1 Å². The third kappa shape index (κ3) is 2.77. The Bertz CT molecular complexity index is 694. The van der Waals surface area contributed by atoms with Gasteiger partial charge in [0.2, 0.25) is 0 Å². The third-order valence-electron chi connectivity index (χ3n) is 2.98. The second-order valence-corrected chi connectivity index (χ2v) is 6.14. The highest BCUT2D eigenvalue weighted by Crippen LogP contribution is 2.34. The van der Waals surface area contributed by atoms with E-state index in [4.69, 9.17) is 11.6 Å². The Morgan fingerprint density at radius 2 is 1.95 bits per heavy atom. The van der Waals surface area contributed by atoms with Gasteiger partial charge in [0.15, 0.2) is 5.16 Å². The summed E-state index contributed by atoms with van der Waals surface area (Å²) in [6.45, 7) is 2.18. The Morgan fingerprint density at radius 3 is 2.74 bits per heavy atom. The predicted octanol–water partition coefficient (Wildman–Crippen LogP) is 5.07. The SMILES string of the molecule is CC(Sc1nc2ccc(Cl)cc2[nH]1)c1ccccc1. The standard InChI is InChI=1S/C15H13ClN2S/c1-10(11-5-3-2-4-6-11)19-15-17-13-8-7-12(16)9-14(13)18-15/h2-10H,1H3,(H,17,18). The van der Waals surface area contributed by atoms with Gasteiger partial charge in [0, 0.05) is 10.3 Å².